The van der Waals surface area contributed by atoms with Crippen molar-refractivity contribution in [3.8, 4) is 0 Å². The summed E-state index contributed by atoms with van der Waals surface area (Å²) in [4.78, 5) is 4.66. The van der Waals surface area contributed by atoms with Gasteiger partial charge in [-0.3, -0.25) is 4.98 Å². The monoisotopic (exact) mass is 282 g/mol. The number of benzene rings is 1. The summed E-state index contributed by atoms with van der Waals surface area (Å²) in [5, 5.41) is 3.43. The largest absolute Gasteiger partial charge is 0.311 e. The predicted octanol–water partition coefficient (Wildman–Crippen LogP) is 4.13. The molecule has 0 saturated heterocycles. The Labute approximate surface area is 128 Å². The van der Waals surface area contributed by atoms with E-state index in [1.807, 2.05) is 13.2 Å². The summed E-state index contributed by atoms with van der Waals surface area (Å²) in [5.74, 6) is 0. The molecule has 0 aliphatic carbocycles. The number of aromatic nitrogens is 1. The lowest BCUT2D eigenvalue weighted by molar-refractivity contribution is 0.569. The van der Waals surface area contributed by atoms with E-state index in [-0.39, 0.29) is 6.04 Å². The molecule has 0 spiro atoms. The van der Waals surface area contributed by atoms with Gasteiger partial charge in [-0.05, 0) is 75.9 Å². The van der Waals surface area contributed by atoms with Crippen molar-refractivity contribution in [2.45, 2.75) is 47.1 Å². The fourth-order valence-electron chi connectivity index (χ4n) is 3.16. The molecule has 0 saturated carbocycles. The van der Waals surface area contributed by atoms with Crippen molar-refractivity contribution in [1.82, 2.24) is 10.3 Å². The number of aryl methyl sites for hydroxylation is 5. The van der Waals surface area contributed by atoms with Crippen LogP contribution in [0.2, 0.25) is 0 Å². The van der Waals surface area contributed by atoms with Crippen molar-refractivity contribution in [3.63, 3.8) is 0 Å². The van der Waals surface area contributed by atoms with Gasteiger partial charge in [0, 0.05) is 6.20 Å². The van der Waals surface area contributed by atoms with Crippen molar-refractivity contribution in [2.24, 2.45) is 0 Å². The number of likely N-dealkylation sites (N-methyl/N-ethyl adjacent to an activating group) is 1. The molecular formula is C19H26N2. The van der Waals surface area contributed by atoms with Crippen molar-refractivity contribution >= 4 is 0 Å². The maximum Gasteiger partial charge on any atom is 0.0605 e. The highest BCUT2D eigenvalue weighted by molar-refractivity contribution is 5.39. The topological polar surface area (TPSA) is 24.9 Å². The Morgan fingerprint density at radius 2 is 1.48 bits per heavy atom. The van der Waals surface area contributed by atoms with Crippen LogP contribution in [0.25, 0.3) is 0 Å². The van der Waals surface area contributed by atoms with Gasteiger partial charge in [-0.15, -0.1) is 0 Å². The number of nitrogens with zero attached hydrogens (tertiary/aromatic N) is 1. The van der Waals surface area contributed by atoms with Crippen LogP contribution in [0.3, 0.4) is 0 Å². The zero-order valence-corrected chi connectivity index (χ0v) is 14.0. The third kappa shape index (κ3) is 3.51. The molecule has 0 bridgehead atoms. The summed E-state index contributed by atoms with van der Waals surface area (Å²) in [6.45, 7) is 10.8. The van der Waals surface area contributed by atoms with Crippen LogP contribution >= 0.6 is 0 Å². The van der Waals surface area contributed by atoms with Crippen LogP contribution in [-0.2, 0) is 6.42 Å². The zero-order chi connectivity index (χ0) is 15.6. The van der Waals surface area contributed by atoms with E-state index < -0.39 is 0 Å². The summed E-state index contributed by atoms with van der Waals surface area (Å²) in [6, 6.07) is 7.00. The minimum absolute atomic E-state index is 0.255. The Morgan fingerprint density at radius 3 is 2.00 bits per heavy atom. The Hall–Kier alpha value is -1.67. The minimum atomic E-state index is 0.255. The summed E-state index contributed by atoms with van der Waals surface area (Å²) >= 11 is 0. The van der Waals surface area contributed by atoms with E-state index in [9.17, 15) is 0 Å². The van der Waals surface area contributed by atoms with Crippen molar-refractivity contribution in [1.29, 1.82) is 0 Å². The number of pyridine rings is 1. The van der Waals surface area contributed by atoms with Gasteiger partial charge in [0.25, 0.3) is 0 Å². The fraction of sp³-hybridized carbons (Fsp3) is 0.421. The van der Waals surface area contributed by atoms with Crippen LogP contribution in [0.5, 0.6) is 0 Å². The maximum atomic E-state index is 4.66. The second-order valence-electron chi connectivity index (χ2n) is 6.14. The average molecular weight is 282 g/mol. The van der Waals surface area contributed by atoms with Gasteiger partial charge in [0.2, 0.25) is 0 Å². The van der Waals surface area contributed by atoms with E-state index in [0.29, 0.717) is 0 Å². The van der Waals surface area contributed by atoms with Crippen LogP contribution in [0.15, 0.2) is 24.4 Å². The molecule has 2 aromatic rings. The van der Waals surface area contributed by atoms with Crippen LogP contribution in [0, 0.1) is 34.6 Å². The van der Waals surface area contributed by atoms with Crippen LogP contribution in [0.1, 0.15) is 45.1 Å². The molecule has 1 unspecified atom stereocenters. The van der Waals surface area contributed by atoms with Crippen LogP contribution < -0.4 is 5.32 Å². The SMILES string of the molecule is CNC(Cc1c(C)cc(C)cc1C)c1ncc(C)cc1C. The lowest BCUT2D eigenvalue weighted by Crippen LogP contribution is -2.22. The lowest BCUT2D eigenvalue weighted by Gasteiger charge is -2.21. The van der Waals surface area contributed by atoms with E-state index in [1.54, 1.807) is 0 Å². The summed E-state index contributed by atoms with van der Waals surface area (Å²) in [6.07, 6.45) is 2.94. The average Bonchev–Trinajstić information content (AvgIpc) is 2.39. The van der Waals surface area contributed by atoms with E-state index in [0.717, 1.165) is 12.1 Å². The summed E-state index contributed by atoms with van der Waals surface area (Å²) < 4.78 is 0. The van der Waals surface area contributed by atoms with Crippen molar-refractivity contribution < 1.29 is 0 Å². The van der Waals surface area contributed by atoms with Crippen LogP contribution in [0.4, 0.5) is 0 Å². The predicted molar refractivity (Wildman–Crippen MR) is 89.9 cm³/mol. The number of nitrogens with one attached hydrogen (secondary N) is 1. The molecule has 1 aromatic heterocycles. The van der Waals surface area contributed by atoms with Gasteiger partial charge in [0.1, 0.15) is 0 Å². The van der Waals surface area contributed by atoms with Crippen molar-refractivity contribution in [2.75, 3.05) is 7.05 Å². The molecule has 1 heterocycles. The van der Waals surface area contributed by atoms with Gasteiger partial charge in [0.05, 0.1) is 11.7 Å². The number of hydrogen-bond donors (Lipinski definition) is 1. The van der Waals surface area contributed by atoms with Gasteiger partial charge >= 0.3 is 0 Å². The molecule has 0 fully saturated rings. The van der Waals surface area contributed by atoms with E-state index >= 15 is 0 Å². The number of hydrogen-bond acceptors (Lipinski definition) is 2. The van der Waals surface area contributed by atoms with Gasteiger partial charge in [-0.25, -0.2) is 0 Å². The second kappa shape index (κ2) is 6.40. The first kappa shape index (κ1) is 15.7. The first-order chi connectivity index (χ1) is 9.92. The zero-order valence-electron chi connectivity index (χ0n) is 14.0. The van der Waals surface area contributed by atoms with Crippen molar-refractivity contribution in [3.05, 3.63) is 63.5 Å². The third-order valence-electron chi connectivity index (χ3n) is 4.18. The van der Waals surface area contributed by atoms with E-state index in [4.69, 9.17) is 0 Å². The minimum Gasteiger partial charge on any atom is -0.311 e. The van der Waals surface area contributed by atoms with Gasteiger partial charge in [-0.1, -0.05) is 23.8 Å². The standard InChI is InChI=1S/C19H26N2/c1-12-7-14(3)17(15(4)8-12)10-18(20-6)19-16(5)9-13(2)11-21-19/h7-9,11,18,20H,10H2,1-6H3. The molecule has 1 aromatic carbocycles. The smallest absolute Gasteiger partial charge is 0.0605 e. The first-order valence-corrected chi connectivity index (χ1v) is 7.59. The second-order valence-corrected chi connectivity index (χ2v) is 6.14. The maximum absolute atomic E-state index is 4.66. The van der Waals surface area contributed by atoms with Gasteiger partial charge in [-0.2, -0.15) is 0 Å². The normalized spacial score (nSPS) is 12.5. The molecule has 2 nitrogen and oxygen atoms in total. The molecule has 1 N–H and O–H groups in total. The molecule has 0 amide bonds. The van der Waals surface area contributed by atoms with Gasteiger partial charge < -0.3 is 5.32 Å². The molecule has 2 rings (SSSR count). The third-order valence-corrected chi connectivity index (χ3v) is 4.18. The van der Waals surface area contributed by atoms with Crippen LogP contribution in [-0.4, -0.2) is 12.0 Å². The summed E-state index contributed by atoms with van der Waals surface area (Å²) in [7, 11) is 2.02. The molecule has 21 heavy (non-hydrogen) atoms. The quantitative estimate of drug-likeness (QED) is 0.912. The molecule has 112 valence electrons. The fourth-order valence-corrected chi connectivity index (χ4v) is 3.16. The highest BCUT2D eigenvalue weighted by Crippen LogP contribution is 2.25. The Bertz CT molecular complexity index is 621. The molecule has 2 heteroatoms. The molecule has 0 aliphatic heterocycles. The summed E-state index contributed by atoms with van der Waals surface area (Å²) in [5.41, 5.74) is 9.14. The Kier molecular flexibility index (Phi) is 4.79. The molecular weight excluding hydrogens is 256 g/mol. The first-order valence-electron chi connectivity index (χ1n) is 7.59. The Balaban J connectivity index is 2.36. The lowest BCUT2D eigenvalue weighted by atomic mass is 9.92. The van der Waals surface area contributed by atoms with E-state index in [1.165, 1.54) is 33.4 Å². The highest BCUT2D eigenvalue weighted by Gasteiger charge is 2.16. The highest BCUT2D eigenvalue weighted by atomic mass is 14.9. The van der Waals surface area contributed by atoms with Gasteiger partial charge in [0.15, 0.2) is 0 Å². The number of rotatable bonds is 4. The Morgan fingerprint density at radius 1 is 0.905 bits per heavy atom. The van der Waals surface area contributed by atoms with E-state index in [2.05, 4.69) is 63.1 Å². The molecule has 0 radical (unpaired) electrons. The molecule has 0 aliphatic rings. The molecule has 1 atom stereocenters.